The highest BCUT2D eigenvalue weighted by Crippen LogP contribution is 1.81. The minimum atomic E-state index is 0.418. The molecule has 55 valence electrons. The summed E-state index contributed by atoms with van der Waals surface area (Å²) in [6.45, 7) is 7.34. The van der Waals surface area contributed by atoms with E-state index >= 15 is 0 Å². The fraction of sp³-hybridized carbons (Fsp3) is 1.00. The summed E-state index contributed by atoms with van der Waals surface area (Å²) in [7, 11) is 0. The second-order valence-corrected chi connectivity index (χ2v) is 2.48. The highest BCUT2D eigenvalue weighted by atomic mass is 15.4. The van der Waals surface area contributed by atoms with Gasteiger partial charge in [-0.2, -0.15) is 5.43 Å². The zero-order valence-corrected chi connectivity index (χ0v) is 6.65. The van der Waals surface area contributed by atoms with Crippen LogP contribution in [0.1, 0.15) is 33.6 Å². The third kappa shape index (κ3) is 7.92. The molecule has 0 aromatic rings. The molecule has 0 amide bonds. The van der Waals surface area contributed by atoms with Crippen LogP contribution in [0.25, 0.3) is 0 Å². The van der Waals surface area contributed by atoms with E-state index in [9.17, 15) is 0 Å². The van der Waals surface area contributed by atoms with Crippen molar-refractivity contribution < 1.29 is 0 Å². The summed E-state index contributed by atoms with van der Waals surface area (Å²) in [6.07, 6.45) is 2.46. The molecule has 0 aromatic heterocycles. The SMILES string of the molecule is CCCCN[N]C(C)C. The third-order valence-electron chi connectivity index (χ3n) is 0.992. The van der Waals surface area contributed by atoms with Gasteiger partial charge in [-0.25, -0.2) is 5.43 Å². The topological polar surface area (TPSA) is 26.1 Å². The summed E-state index contributed by atoms with van der Waals surface area (Å²) in [5.74, 6) is 0. The molecule has 0 fully saturated rings. The highest BCUT2D eigenvalue weighted by molar-refractivity contribution is 4.45. The van der Waals surface area contributed by atoms with E-state index in [0.717, 1.165) is 6.54 Å². The number of hydrogen-bond acceptors (Lipinski definition) is 1. The smallest absolute Gasteiger partial charge is 0.0359 e. The van der Waals surface area contributed by atoms with Crippen molar-refractivity contribution in [3.05, 3.63) is 0 Å². The van der Waals surface area contributed by atoms with Gasteiger partial charge in [0.2, 0.25) is 0 Å². The third-order valence-corrected chi connectivity index (χ3v) is 0.992. The zero-order chi connectivity index (χ0) is 7.11. The van der Waals surface area contributed by atoms with Gasteiger partial charge in [0.1, 0.15) is 0 Å². The maximum absolute atomic E-state index is 4.11. The maximum Gasteiger partial charge on any atom is 0.0359 e. The van der Waals surface area contributed by atoms with E-state index in [2.05, 4.69) is 31.6 Å². The van der Waals surface area contributed by atoms with Crippen molar-refractivity contribution in [1.29, 1.82) is 0 Å². The van der Waals surface area contributed by atoms with E-state index in [1.54, 1.807) is 0 Å². The Morgan fingerprint density at radius 2 is 2.11 bits per heavy atom. The second kappa shape index (κ2) is 6.05. The van der Waals surface area contributed by atoms with Crippen molar-refractivity contribution in [2.75, 3.05) is 6.54 Å². The first-order valence-electron chi connectivity index (χ1n) is 3.70. The van der Waals surface area contributed by atoms with Gasteiger partial charge in [0.05, 0.1) is 0 Å². The molecule has 0 aliphatic heterocycles. The lowest BCUT2D eigenvalue weighted by Gasteiger charge is -2.05. The lowest BCUT2D eigenvalue weighted by atomic mass is 10.3. The van der Waals surface area contributed by atoms with Crippen LogP contribution in [0, 0.1) is 0 Å². The number of unbranched alkanes of at least 4 members (excludes halogenated alkanes) is 1. The molecule has 0 bridgehead atoms. The van der Waals surface area contributed by atoms with Crippen LogP contribution in [0.15, 0.2) is 0 Å². The Kier molecular flexibility index (Phi) is 5.99. The second-order valence-electron chi connectivity index (χ2n) is 2.48. The summed E-state index contributed by atoms with van der Waals surface area (Å²) in [5.41, 5.74) is 7.12. The van der Waals surface area contributed by atoms with Crippen molar-refractivity contribution in [3.8, 4) is 0 Å². The Morgan fingerprint density at radius 1 is 1.44 bits per heavy atom. The van der Waals surface area contributed by atoms with E-state index in [1.165, 1.54) is 12.8 Å². The molecule has 0 heterocycles. The molecule has 0 aromatic carbocycles. The quantitative estimate of drug-likeness (QED) is 0.439. The predicted molar refractivity (Wildman–Crippen MR) is 40.2 cm³/mol. The van der Waals surface area contributed by atoms with Crippen LogP contribution in [0.5, 0.6) is 0 Å². The molecule has 0 aliphatic carbocycles. The van der Waals surface area contributed by atoms with Crippen LogP contribution in [0.2, 0.25) is 0 Å². The van der Waals surface area contributed by atoms with Gasteiger partial charge in [0, 0.05) is 12.6 Å². The van der Waals surface area contributed by atoms with Crippen molar-refractivity contribution in [3.63, 3.8) is 0 Å². The first-order chi connectivity index (χ1) is 4.27. The number of rotatable bonds is 5. The lowest BCUT2D eigenvalue weighted by molar-refractivity contribution is 0.453. The van der Waals surface area contributed by atoms with Gasteiger partial charge in [0.25, 0.3) is 0 Å². The van der Waals surface area contributed by atoms with Gasteiger partial charge in [-0.05, 0) is 20.3 Å². The molecule has 0 saturated carbocycles. The standard InChI is InChI=1S/C7H17N2/c1-4-5-6-8-9-7(2)3/h7-8H,4-6H2,1-3H3. The lowest BCUT2D eigenvalue weighted by Crippen LogP contribution is -2.30. The minimum Gasteiger partial charge on any atom is -0.240 e. The Hall–Kier alpha value is -0.0800. The Balaban J connectivity index is 2.75. The minimum absolute atomic E-state index is 0.418. The van der Waals surface area contributed by atoms with Crippen LogP contribution >= 0.6 is 0 Å². The summed E-state index contributed by atoms with van der Waals surface area (Å²) in [6, 6.07) is 0.418. The fourth-order valence-corrected chi connectivity index (χ4v) is 0.503. The number of hydrogen-bond donors (Lipinski definition) is 1. The Morgan fingerprint density at radius 3 is 2.56 bits per heavy atom. The summed E-state index contributed by atoms with van der Waals surface area (Å²) in [5, 5.41) is 0. The molecule has 2 nitrogen and oxygen atoms in total. The van der Waals surface area contributed by atoms with Crippen LogP contribution in [0.3, 0.4) is 0 Å². The van der Waals surface area contributed by atoms with Crippen LogP contribution in [-0.2, 0) is 0 Å². The van der Waals surface area contributed by atoms with Gasteiger partial charge < -0.3 is 0 Å². The van der Waals surface area contributed by atoms with E-state index in [-0.39, 0.29) is 0 Å². The molecule has 1 N–H and O–H groups in total. The van der Waals surface area contributed by atoms with Gasteiger partial charge in [0.15, 0.2) is 0 Å². The Labute approximate surface area is 58.0 Å². The van der Waals surface area contributed by atoms with Gasteiger partial charge in [-0.1, -0.05) is 13.3 Å². The monoisotopic (exact) mass is 129 g/mol. The molecule has 0 saturated heterocycles. The van der Waals surface area contributed by atoms with E-state index in [1.807, 2.05) is 0 Å². The molecule has 0 rings (SSSR count). The largest absolute Gasteiger partial charge is 0.240 e. The van der Waals surface area contributed by atoms with Crippen molar-refractivity contribution in [1.82, 2.24) is 10.9 Å². The van der Waals surface area contributed by atoms with E-state index in [0.29, 0.717) is 6.04 Å². The van der Waals surface area contributed by atoms with Gasteiger partial charge in [-0.15, -0.1) is 0 Å². The molecule has 0 spiro atoms. The van der Waals surface area contributed by atoms with Crippen molar-refractivity contribution in [2.24, 2.45) is 0 Å². The van der Waals surface area contributed by atoms with Gasteiger partial charge in [-0.3, -0.25) is 0 Å². The number of nitrogens with one attached hydrogen (secondary N) is 1. The fourth-order valence-electron chi connectivity index (χ4n) is 0.503. The number of nitrogens with zero attached hydrogens (tertiary/aromatic N) is 1. The molecule has 2 heteroatoms. The van der Waals surface area contributed by atoms with E-state index < -0.39 is 0 Å². The summed E-state index contributed by atoms with van der Waals surface area (Å²) < 4.78 is 0. The summed E-state index contributed by atoms with van der Waals surface area (Å²) >= 11 is 0. The van der Waals surface area contributed by atoms with Crippen LogP contribution < -0.4 is 10.9 Å². The molecule has 9 heavy (non-hydrogen) atoms. The normalized spacial score (nSPS) is 10.7. The molecular formula is C7H17N2. The highest BCUT2D eigenvalue weighted by Gasteiger charge is 1.90. The first-order valence-corrected chi connectivity index (χ1v) is 3.70. The first kappa shape index (κ1) is 8.92. The van der Waals surface area contributed by atoms with Gasteiger partial charge >= 0.3 is 0 Å². The predicted octanol–water partition coefficient (Wildman–Crippen LogP) is 1.30. The van der Waals surface area contributed by atoms with Crippen molar-refractivity contribution >= 4 is 0 Å². The summed E-state index contributed by atoms with van der Waals surface area (Å²) in [4.78, 5) is 0. The van der Waals surface area contributed by atoms with E-state index in [4.69, 9.17) is 0 Å². The average Bonchev–Trinajstić information content (AvgIpc) is 1.80. The molecule has 0 aliphatic rings. The van der Waals surface area contributed by atoms with Crippen molar-refractivity contribution in [2.45, 2.75) is 39.7 Å². The zero-order valence-electron chi connectivity index (χ0n) is 6.65. The molecule has 0 unspecified atom stereocenters. The molecular weight excluding hydrogens is 112 g/mol. The average molecular weight is 129 g/mol. The van der Waals surface area contributed by atoms with Crippen LogP contribution in [0.4, 0.5) is 0 Å². The van der Waals surface area contributed by atoms with Crippen LogP contribution in [-0.4, -0.2) is 12.6 Å². The Bertz CT molecular complexity index is 52.9. The molecule has 1 radical (unpaired) electrons. The maximum atomic E-state index is 4.11. The molecule has 0 atom stereocenters.